The van der Waals surface area contributed by atoms with Gasteiger partial charge in [-0.05, 0) is 31.5 Å². The van der Waals surface area contributed by atoms with Crippen LogP contribution >= 0.6 is 15.9 Å². The van der Waals surface area contributed by atoms with Gasteiger partial charge in [0.1, 0.15) is 11.5 Å². The highest BCUT2D eigenvalue weighted by molar-refractivity contribution is 9.10. The van der Waals surface area contributed by atoms with Crippen LogP contribution in [0.3, 0.4) is 0 Å². The quantitative estimate of drug-likeness (QED) is 0.870. The zero-order valence-corrected chi connectivity index (χ0v) is 13.5. The van der Waals surface area contributed by atoms with Crippen LogP contribution in [0.5, 0.6) is 0 Å². The maximum absolute atomic E-state index is 12.2. The van der Waals surface area contributed by atoms with Gasteiger partial charge in [-0.1, -0.05) is 28.1 Å². The summed E-state index contributed by atoms with van der Waals surface area (Å²) in [5, 5.41) is 5.95. The Morgan fingerprint density at radius 3 is 2.90 bits per heavy atom. The predicted molar refractivity (Wildman–Crippen MR) is 86.2 cm³/mol. The van der Waals surface area contributed by atoms with Crippen molar-refractivity contribution in [2.75, 3.05) is 11.9 Å². The van der Waals surface area contributed by atoms with E-state index in [1.165, 1.54) is 6.20 Å². The van der Waals surface area contributed by atoms with Crippen molar-refractivity contribution in [1.29, 1.82) is 0 Å². The van der Waals surface area contributed by atoms with Gasteiger partial charge in [0.05, 0.1) is 18.4 Å². The zero-order valence-electron chi connectivity index (χ0n) is 11.9. The van der Waals surface area contributed by atoms with Crippen molar-refractivity contribution in [2.45, 2.75) is 19.9 Å². The number of aromatic nitrogens is 2. The maximum Gasteiger partial charge on any atom is 0.272 e. The molecule has 2 aromatic rings. The van der Waals surface area contributed by atoms with Gasteiger partial charge in [0, 0.05) is 11.0 Å². The van der Waals surface area contributed by atoms with Gasteiger partial charge in [-0.2, -0.15) is 0 Å². The van der Waals surface area contributed by atoms with E-state index in [0.717, 1.165) is 16.6 Å². The molecular formula is C15H17BrN4O. The molecule has 0 spiro atoms. The van der Waals surface area contributed by atoms with Crippen LogP contribution in [0.1, 0.15) is 35.9 Å². The van der Waals surface area contributed by atoms with Crippen LogP contribution in [0.25, 0.3) is 0 Å². The number of benzene rings is 1. The Balaban J connectivity index is 2.08. The van der Waals surface area contributed by atoms with Crippen LogP contribution < -0.4 is 10.6 Å². The largest absolute Gasteiger partial charge is 0.369 e. The summed E-state index contributed by atoms with van der Waals surface area (Å²) in [5.74, 6) is 0.356. The summed E-state index contributed by atoms with van der Waals surface area (Å²) < 4.78 is 0.982. The van der Waals surface area contributed by atoms with Crippen LogP contribution in [0.4, 0.5) is 5.82 Å². The number of rotatable bonds is 5. The first-order chi connectivity index (χ1) is 10.1. The average Bonchev–Trinajstić information content (AvgIpc) is 2.48. The molecule has 1 aromatic heterocycles. The molecule has 21 heavy (non-hydrogen) atoms. The number of nitrogens with zero attached hydrogens (tertiary/aromatic N) is 2. The number of hydrogen-bond acceptors (Lipinski definition) is 4. The van der Waals surface area contributed by atoms with Crippen molar-refractivity contribution >= 4 is 27.7 Å². The van der Waals surface area contributed by atoms with Gasteiger partial charge < -0.3 is 10.6 Å². The fraction of sp³-hybridized carbons (Fsp3) is 0.267. The first kappa shape index (κ1) is 15.4. The Hall–Kier alpha value is -1.95. The average molecular weight is 349 g/mol. The molecule has 0 fully saturated rings. The molecule has 2 rings (SSSR count). The molecule has 0 aliphatic carbocycles. The van der Waals surface area contributed by atoms with Crippen LogP contribution in [0.2, 0.25) is 0 Å². The highest BCUT2D eigenvalue weighted by Gasteiger charge is 2.13. The molecule has 0 bridgehead atoms. The lowest BCUT2D eigenvalue weighted by Crippen LogP contribution is -2.27. The number of amides is 1. The minimum Gasteiger partial charge on any atom is -0.369 e. The Kier molecular flexibility index (Phi) is 5.27. The molecule has 2 N–H and O–H groups in total. The van der Waals surface area contributed by atoms with E-state index >= 15 is 0 Å². The SMILES string of the molecule is CCNc1cncc(C(=O)NC(C)c2cccc(Br)c2)n1. The van der Waals surface area contributed by atoms with E-state index in [1.807, 2.05) is 38.1 Å². The van der Waals surface area contributed by atoms with Gasteiger partial charge in [0.15, 0.2) is 0 Å². The smallest absolute Gasteiger partial charge is 0.272 e. The van der Waals surface area contributed by atoms with E-state index in [4.69, 9.17) is 0 Å². The van der Waals surface area contributed by atoms with Crippen LogP contribution in [-0.2, 0) is 0 Å². The highest BCUT2D eigenvalue weighted by atomic mass is 79.9. The third-order valence-corrected chi connectivity index (χ3v) is 3.41. The summed E-state index contributed by atoms with van der Waals surface area (Å²) in [6.07, 6.45) is 3.06. The van der Waals surface area contributed by atoms with Gasteiger partial charge in [-0.3, -0.25) is 9.78 Å². The van der Waals surface area contributed by atoms with E-state index in [-0.39, 0.29) is 11.9 Å². The molecule has 0 aliphatic heterocycles. The van der Waals surface area contributed by atoms with Gasteiger partial charge in [0.2, 0.25) is 0 Å². The van der Waals surface area contributed by atoms with Gasteiger partial charge in [-0.25, -0.2) is 4.98 Å². The molecule has 1 amide bonds. The second-order valence-corrected chi connectivity index (χ2v) is 5.49. The van der Waals surface area contributed by atoms with Crippen LogP contribution in [0.15, 0.2) is 41.1 Å². The van der Waals surface area contributed by atoms with Crippen molar-refractivity contribution in [1.82, 2.24) is 15.3 Å². The predicted octanol–water partition coefficient (Wildman–Crippen LogP) is 3.16. The molecule has 0 saturated heterocycles. The fourth-order valence-electron chi connectivity index (χ4n) is 1.87. The standard InChI is InChI=1S/C15H17BrN4O/c1-3-18-14-9-17-8-13(20-14)15(21)19-10(2)11-5-4-6-12(16)7-11/h4-10H,3H2,1-2H3,(H,18,20)(H,19,21). The van der Waals surface area contributed by atoms with E-state index in [2.05, 4.69) is 36.5 Å². The number of anilines is 1. The number of hydrogen-bond donors (Lipinski definition) is 2. The van der Waals surface area contributed by atoms with Crippen LogP contribution in [-0.4, -0.2) is 22.4 Å². The number of carbonyl (C=O) groups is 1. The Labute approximate surface area is 132 Å². The number of nitrogens with one attached hydrogen (secondary N) is 2. The minimum atomic E-state index is -0.241. The molecule has 1 unspecified atom stereocenters. The zero-order chi connectivity index (χ0) is 15.2. The molecule has 6 heteroatoms. The minimum absolute atomic E-state index is 0.111. The first-order valence-electron chi connectivity index (χ1n) is 6.72. The maximum atomic E-state index is 12.2. The molecule has 5 nitrogen and oxygen atoms in total. The van der Waals surface area contributed by atoms with E-state index in [1.54, 1.807) is 6.20 Å². The highest BCUT2D eigenvalue weighted by Crippen LogP contribution is 2.18. The Bertz CT molecular complexity index is 633. The van der Waals surface area contributed by atoms with Crippen molar-refractivity contribution < 1.29 is 4.79 Å². The number of halogens is 1. The van der Waals surface area contributed by atoms with Crippen LogP contribution in [0, 0.1) is 0 Å². The van der Waals surface area contributed by atoms with Crippen molar-refractivity contribution in [2.24, 2.45) is 0 Å². The monoisotopic (exact) mass is 348 g/mol. The summed E-state index contributed by atoms with van der Waals surface area (Å²) in [5.41, 5.74) is 1.32. The third kappa shape index (κ3) is 4.26. The first-order valence-corrected chi connectivity index (χ1v) is 7.51. The van der Waals surface area contributed by atoms with Gasteiger partial charge >= 0.3 is 0 Å². The van der Waals surface area contributed by atoms with E-state index < -0.39 is 0 Å². The van der Waals surface area contributed by atoms with Crippen molar-refractivity contribution in [3.8, 4) is 0 Å². The molecule has 0 radical (unpaired) electrons. The van der Waals surface area contributed by atoms with Gasteiger partial charge in [-0.15, -0.1) is 0 Å². The van der Waals surface area contributed by atoms with Crippen molar-refractivity contribution in [3.63, 3.8) is 0 Å². The topological polar surface area (TPSA) is 66.9 Å². The number of carbonyl (C=O) groups excluding carboxylic acids is 1. The van der Waals surface area contributed by atoms with E-state index in [9.17, 15) is 4.79 Å². The van der Waals surface area contributed by atoms with Crippen molar-refractivity contribution in [3.05, 3.63) is 52.4 Å². The van der Waals surface area contributed by atoms with Gasteiger partial charge in [0.25, 0.3) is 5.91 Å². The molecule has 1 aromatic carbocycles. The fourth-order valence-corrected chi connectivity index (χ4v) is 2.29. The normalized spacial score (nSPS) is 11.8. The third-order valence-electron chi connectivity index (χ3n) is 2.92. The molecular weight excluding hydrogens is 332 g/mol. The lowest BCUT2D eigenvalue weighted by Gasteiger charge is -2.14. The Morgan fingerprint density at radius 1 is 1.38 bits per heavy atom. The molecule has 1 heterocycles. The Morgan fingerprint density at radius 2 is 2.19 bits per heavy atom. The lowest BCUT2D eigenvalue weighted by molar-refractivity contribution is 0.0934. The summed E-state index contributed by atoms with van der Waals surface area (Å²) in [6, 6.07) is 7.72. The summed E-state index contributed by atoms with van der Waals surface area (Å²) in [4.78, 5) is 20.5. The second-order valence-electron chi connectivity index (χ2n) is 4.57. The molecule has 0 saturated carbocycles. The summed E-state index contributed by atoms with van der Waals surface area (Å²) in [6.45, 7) is 4.62. The second kappa shape index (κ2) is 7.17. The lowest BCUT2D eigenvalue weighted by atomic mass is 10.1. The summed E-state index contributed by atoms with van der Waals surface area (Å²) >= 11 is 3.43. The molecule has 1 atom stereocenters. The summed E-state index contributed by atoms with van der Waals surface area (Å²) in [7, 11) is 0. The molecule has 110 valence electrons. The molecule has 0 aliphatic rings. The van der Waals surface area contributed by atoms with E-state index in [0.29, 0.717) is 11.5 Å².